The Morgan fingerprint density at radius 1 is 1.19 bits per heavy atom. The van der Waals surface area contributed by atoms with Gasteiger partial charge in [-0.05, 0) is 51.5 Å². The monoisotopic (exact) mass is 226 g/mol. The summed E-state index contributed by atoms with van der Waals surface area (Å²) in [4.78, 5) is 2.67. The number of nitrogens with two attached hydrogens (primary N) is 1. The van der Waals surface area contributed by atoms with E-state index in [1.54, 1.807) is 0 Å². The molecule has 1 heterocycles. The van der Waals surface area contributed by atoms with Gasteiger partial charge in [0.1, 0.15) is 0 Å². The molecule has 2 fully saturated rings. The van der Waals surface area contributed by atoms with Gasteiger partial charge in [-0.2, -0.15) is 0 Å². The lowest BCUT2D eigenvalue weighted by atomic mass is 9.92. The average molecular weight is 226 g/mol. The van der Waals surface area contributed by atoms with Crippen molar-refractivity contribution < 1.29 is 4.74 Å². The molecule has 3 nitrogen and oxygen atoms in total. The third kappa shape index (κ3) is 2.76. The minimum atomic E-state index is 0.361. The molecule has 2 aliphatic rings. The maximum Gasteiger partial charge on any atom is 0.0572 e. The smallest absolute Gasteiger partial charge is 0.0572 e. The number of rotatable bonds is 3. The Labute approximate surface area is 99.3 Å². The zero-order valence-corrected chi connectivity index (χ0v) is 10.7. The molecule has 1 saturated heterocycles. The van der Waals surface area contributed by atoms with Crippen LogP contribution in [0.5, 0.6) is 0 Å². The van der Waals surface area contributed by atoms with Gasteiger partial charge in [-0.3, -0.25) is 0 Å². The van der Waals surface area contributed by atoms with E-state index in [4.69, 9.17) is 10.5 Å². The first-order valence-corrected chi connectivity index (χ1v) is 6.73. The normalized spacial score (nSPS) is 38.8. The quantitative estimate of drug-likeness (QED) is 0.794. The zero-order chi connectivity index (χ0) is 11.5. The van der Waals surface area contributed by atoms with Crippen LogP contribution in [0.25, 0.3) is 0 Å². The molecule has 16 heavy (non-hydrogen) atoms. The van der Waals surface area contributed by atoms with E-state index in [9.17, 15) is 0 Å². The standard InChI is InChI=1S/C13H26N2O/c1-10(14)11-7-8-15(9-11)12-3-5-13(16-2)6-4-12/h10-13H,3-9,14H2,1-2H3. The highest BCUT2D eigenvalue weighted by Gasteiger charge is 2.32. The fourth-order valence-corrected chi connectivity index (χ4v) is 3.22. The van der Waals surface area contributed by atoms with Crippen molar-refractivity contribution in [3.63, 3.8) is 0 Å². The third-order valence-electron chi connectivity index (χ3n) is 4.49. The molecule has 0 aromatic heterocycles. The minimum absolute atomic E-state index is 0.361. The van der Waals surface area contributed by atoms with Crippen LogP contribution in [0.15, 0.2) is 0 Å². The number of ether oxygens (including phenoxy) is 1. The lowest BCUT2D eigenvalue weighted by Crippen LogP contribution is -2.39. The van der Waals surface area contributed by atoms with Crippen LogP contribution in [-0.4, -0.2) is 43.3 Å². The SMILES string of the molecule is COC1CCC(N2CCC(C(C)N)C2)CC1. The molecular formula is C13H26N2O. The van der Waals surface area contributed by atoms with Gasteiger partial charge in [0.15, 0.2) is 0 Å². The van der Waals surface area contributed by atoms with E-state index in [1.165, 1.54) is 45.2 Å². The number of nitrogens with zero attached hydrogens (tertiary/aromatic N) is 1. The van der Waals surface area contributed by atoms with Crippen molar-refractivity contribution >= 4 is 0 Å². The van der Waals surface area contributed by atoms with Gasteiger partial charge in [0, 0.05) is 25.7 Å². The molecule has 0 bridgehead atoms. The fourth-order valence-electron chi connectivity index (χ4n) is 3.22. The fraction of sp³-hybridized carbons (Fsp3) is 1.00. The van der Waals surface area contributed by atoms with Crippen LogP contribution in [0.1, 0.15) is 39.0 Å². The highest BCUT2D eigenvalue weighted by Crippen LogP contribution is 2.29. The van der Waals surface area contributed by atoms with Crippen LogP contribution in [-0.2, 0) is 4.74 Å². The predicted octanol–water partition coefficient (Wildman–Crippen LogP) is 1.61. The maximum atomic E-state index is 5.99. The van der Waals surface area contributed by atoms with Crippen molar-refractivity contribution in [3.8, 4) is 0 Å². The number of hydrogen-bond donors (Lipinski definition) is 1. The second-order valence-electron chi connectivity index (χ2n) is 5.57. The molecule has 3 heteroatoms. The summed E-state index contributed by atoms with van der Waals surface area (Å²) in [6.07, 6.45) is 6.90. The average Bonchev–Trinajstić information content (AvgIpc) is 2.78. The zero-order valence-electron chi connectivity index (χ0n) is 10.7. The molecule has 2 rings (SSSR count). The minimum Gasteiger partial charge on any atom is -0.381 e. The highest BCUT2D eigenvalue weighted by molar-refractivity contribution is 4.87. The van der Waals surface area contributed by atoms with Gasteiger partial charge >= 0.3 is 0 Å². The summed E-state index contributed by atoms with van der Waals surface area (Å²) in [5.41, 5.74) is 5.99. The summed E-state index contributed by atoms with van der Waals surface area (Å²) >= 11 is 0. The maximum absolute atomic E-state index is 5.99. The van der Waals surface area contributed by atoms with Crippen molar-refractivity contribution in [3.05, 3.63) is 0 Å². The van der Waals surface area contributed by atoms with Crippen LogP contribution in [0, 0.1) is 5.92 Å². The van der Waals surface area contributed by atoms with E-state index < -0.39 is 0 Å². The van der Waals surface area contributed by atoms with E-state index in [1.807, 2.05) is 7.11 Å². The van der Waals surface area contributed by atoms with Crippen molar-refractivity contribution in [1.82, 2.24) is 4.90 Å². The Hall–Kier alpha value is -0.120. The number of likely N-dealkylation sites (tertiary alicyclic amines) is 1. The highest BCUT2D eigenvalue weighted by atomic mass is 16.5. The van der Waals surface area contributed by atoms with E-state index in [2.05, 4.69) is 11.8 Å². The number of methoxy groups -OCH3 is 1. The molecule has 0 radical (unpaired) electrons. The first kappa shape index (κ1) is 12.3. The predicted molar refractivity (Wildman–Crippen MR) is 66.4 cm³/mol. The molecule has 2 atom stereocenters. The van der Waals surface area contributed by atoms with E-state index >= 15 is 0 Å². The van der Waals surface area contributed by atoms with Gasteiger partial charge in [-0.1, -0.05) is 0 Å². The summed E-state index contributed by atoms with van der Waals surface area (Å²) in [5, 5.41) is 0. The summed E-state index contributed by atoms with van der Waals surface area (Å²) in [5.74, 6) is 0.722. The van der Waals surface area contributed by atoms with Crippen molar-refractivity contribution in [2.24, 2.45) is 11.7 Å². The Balaban J connectivity index is 1.78. The third-order valence-corrected chi connectivity index (χ3v) is 4.49. The summed E-state index contributed by atoms with van der Waals surface area (Å²) in [7, 11) is 1.84. The number of hydrogen-bond acceptors (Lipinski definition) is 3. The van der Waals surface area contributed by atoms with E-state index in [0.29, 0.717) is 12.1 Å². The Bertz CT molecular complexity index is 212. The molecule has 2 unspecified atom stereocenters. The molecule has 0 aromatic carbocycles. The second-order valence-corrected chi connectivity index (χ2v) is 5.57. The molecule has 0 aromatic rings. The Morgan fingerprint density at radius 3 is 2.38 bits per heavy atom. The lowest BCUT2D eigenvalue weighted by molar-refractivity contribution is 0.0428. The summed E-state index contributed by atoms with van der Waals surface area (Å²) in [6, 6.07) is 1.16. The van der Waals surface area contributed by atoms with Gasteiger partial charge in [0.2, 0.25) is 0 Å². The first-order chi connectivity index (χ1) is 7.70. The Kier molecular flexibility index (Phi) is 4.22. The van der Waals surface area contributed by atoms with Crippen LogP contribution < -0.4 is 5.73 Å². The Morgan fingerprint density at radius 2 is 1.88 bits per heavy atom. The van der Waals surface area contributed by atoms with Crippen LogP contribution in [0.2, 0.25) is 0 Å². The van der Waals surface area contributed by atoms with Crippen molar-refractivity contribution in [1.29, 1.82) is 0 Å². The van der Waals surface area contributed by atoms with Gasteiger partial charge in [0.05, 0.1) is 6.10 Å². The second kappa shape index (κ2) is 5.48. The molecule has 1 aliphatic carbocycles. The van der Waals surface area contributed by atoms with Crippen molar-refractivity contribution in [2.45, 2.75) is 57.2 Å². The van der Waals surface area contributed by atoms with Crippen LogP contribution in [0.3, 0.4) is 0 Å². The first-order valence-electron chi connectivity index (χ1n) is 6.73. The lowest BCUT2D eigenvalue weighted by Gasteiger charge is -2.34. The molecule has 94 valence electrons. The topological polar surface area (TPSA) is 38.5 Å². The van der Waals surface area contributed by atoms with Gasteiger partial charge in [0.25, 0.3) is 0 Å². The van der Waals surface area contributed by atoms with E-state index in [0.717, 1.165) is 12.0 Å². The molecule has 0 spiro atoms. The van der Waals surface area contributed by atoms with Gasteiger partial charge in [-0.25, -0.2) is 0 Å². The summed E-state index contributed by atoms with van der Waals surface area (Å²) < 4.78 is 5.42. The summed E-state index contributed by atoms with van der Waals surface area (Å²) in [6.45, 7) is 4.63. The van der Waals surface area contributed by atoms with Crippen LogP contribution >= 0.6 is 0 Å². The van der Waals surface area contributed by atoms with Gasteiger partial charge < -0.3 is 15.4 Å². The molecule has 2 N–H and O–H groups in total. The largest absolute Gasteiger partial charge is 0.381 e. The van der Waals surface area contributed by atoms with E-state index in [-0.39, 0.29) is 0 Å². The molecule has 1 aliphatic heterocycles. The van der Waals surface area contributed by atoms with Crippen molar-refractivity contribution in [2.75, 3.05) is 20.2 Å². The molecule has 0 amide bonds. The van der Waals surface area contributed by atoms with Gasteiger partial charge in [-0.15, -0.1) is 0 Å². The molecular weight excluding hydrogens is 200 g/mol. The van der Waals surface area contributed by atoms with Crippen LogP contribution in [0.4, 0.5) is 0 Å². The molecule has 1 saturated carbocycles.